The van der Waals surface area contributed by atoms with Crippen LogP contribution in [0.25, 0.3) is 0 Å². The van der Waals surface area contributed by atoms with E-state index in [1.54, 1.807) is 0 Å². The molecule has 0 radical (unpaired) electrons. The number of para-hydroxylation sites is 1. The zero-order valence-electron chi connectivity index (χ0n) is 9.49. The Morgan fingerprint density at radius 2 is 2.12 bits per heavy atom. The van der Waals surface area contributed by atoms with Gasteiger partial charge in [-0.05, 0) is 19.1 Å². The summed E-state index contributed by atoms with van der Waals surface area (Å²) in [7, 11) is 1.21. The van der Waals surface area contributed by atoms with Gasteiger partial charge < -0.3 is 15.8 Å². The van der Waals surface area contributed by atoms with Gasteiger partial charge in [-0.25, -0.2) is 9.18 Å². The lowest BCUT2D eigenvalue weighted by Crippen LogP contribution is -2.39. The molecule has 1 aromatic rings. The molecule has 0 aliphatic heterocycles. The summed E-state index contributed by atoms with van der Waals surface area (Å²) in [4.78, 5) is 22.8. The fourth-order valence-electron chi connectivity index (χ4n) is 1.25. The third-order valence-corrected chi connectivity index (χ3v) is 2.20. The highest BCUT2D eigenvalue weighted by Gasteiger charge is 2.19. The predicted molar refractivity (Wildman–Crippen MR) is 59.8 cm³/mol. The number of benzene rings is 1. The summed E-state index contributed by atoms with van der Waals surface area (Å²) in [6.07, 6.45) is 0. The van der Waals surface area contributed by atoms with Crippen LogP contribution in [0.5, 0.6) is 0 Å². The van der Waals surface area contributed by atoms with Gasteiger partial charge in [0, 0.05) is 0 Å². The van der Waals surface area contributed by atoms with E-state index in [0.29, 0.717) is 0 Å². The van der Waals surface area contributed by atoms with Gasteiger partial charge in [0.2, 0.25) is 0 Å². The lowest BCUT2D eigenvalue weighted by atomic mass is 10.1. The Kier molecular flexibility index (Phi) is 4.03. The molecule has 0 heterocycles. The molecule has 0 saturated carbocycles. The lowest BCUT2D eigenvalue weighted by molar-refractivity contribution is -0.142. The molecular weight excluding hydrogens is 227 g/mol. The van der Waals surface area contributed by atoms with E-state index < -0.39 is 23.7 Å². The monoisotopic (exact) mass is 240 g/mol. The Morgan fingerprint density at radius 1 is 1.47 bits per heavy atom. The van der Waals surface area contributed by atoms with Crippen molar-refractivity contribution in [1.82, 2.24) is 5.32 Å². The number of nitrogens with two attached hydrogens (primary N) is 1. The van der Waals surface area contributed by atoms with Gasteiger partial charge in [0.25, 0.3) is 5.91 Å². The largest absolute Gasteiger partial charge is 0.467 e. The van der Waals surface area contributed by atoms with Crippen molar-refractivity contribution in [2.75, 3.05) is 12.8 Å². The van der Waals surface area contributed by atoms with Crippen LogP contribution in [0.15, 0.2) is 18.2 Å². The van der Waals surface area contributed by atoms with Crippen LogP contribution in [0.1, 0.15) is 17.3 Å². The quantitative estimate of drug-likeness (QED) is 0.602. The Balaban J connectivity index is 2.84. The average Bonchev–Trinajstić information content (AvgIpc) is 2.31. The van der Waals surface area contributed by atoms with Crippen molar-refractivity contribution < 1.29 is 18.7 Å². The van der Waals surface area contributed by atoms with Crippen molar-refractivity contribution in [3.63, 3.8) is 0 Å². The summed E-state index contributed by atoms with van der Waals surface area (Å²) in [6, 6.07) is 3.06. The topological polar surface area (TPSA) is 81.4 Å². The third-order valence-electron chi connectivity index (χ3n) is 2.20. The van der Waals surface area contributed by atoms with Gasteiger partial charge in [-0.2, -0.15) is 0 Å². The summed E-state index contributed by atoms with van der Waals surface area (Å²) in [6.45, 7) is 1.46. The van der Waals surface area contributed by atoms with E-state index >= 15 is 0 Å². The van der Waals surface area contributed by atoms with Gasteiger partial charge in [0.15, 0.2) is 0 Å². The highest BCUT2D eigenvalue weighted by atomic mass is 19.1. The van der Waals surface area contributed by atoms with Crippen molar-refractivity contribution in [1.29, 1.82) is 0 Å². The number of amides is 1. The van der Waals surface area contributed by atoms with E-state index in [4.69, 9.17) is 5.73 Å². The molecule has 6 heteroatoms. The van der Waals surface area contributed by atoms with E-state index in [2.05, 4.69) is 10.1 Å². The molecule has 0 fully saturated rings. The molecule has 1 aromatic carbocycles. The van der Waals surface area contributed by atoms with E-state index in [0.717, 1.165) is 6.07 Å². The minimum absolute atomic E-state index is 0.0132. The lowest BCUT2D eigenvalue weighted by Gasteiger charge is -2.12. The predicted octanol–water partition coefficient (Wildman–Crippen LogP) is 0.699. The van der Waals surface area contributed by atoms with Gasteiger partial charge in [0.05, 0.1) is 18.4 Å². The zero-order chi connectivity index (χ0) is 13.0. The van der Waals surface area contributed by atoms with Crippen molar-refractivity contribution in [3.8, 4) is 0 Å². The highest BCUT2D eigenvalue weighted by molar-refractivity contribution is 6.00. The molecule has 92 valence electrons. The molecule has 0 saturated heterocycles. The van der Waals surface area contributed by atoms with Crippen LogP contribution >= 0.6 is 0 Å². The van der Waals surface area contributed by atoms with Crippen LogP contribution < -0.4 is 11.1 Å². The Bertz CT molecular complexity index is 448. The first-order chi connectivity index (χ1) is 7.97. The first-order valence-corrected chi connectivity index (χ1v) is 4.90. The number of carbonyl (C=O) groups excluding carboxylic acids is 2. The van der Waals surface area contributed by atoms with Crippen molar-refractivity contribution >= 4 is 17.6 Å². The number of nitrogens with one attached hydrogen (secondary N) is 1. The minimum atomic E-state index is -0.824. The summed E-state index contributed by atoms with van der Waals surface area (Å²) in [5.41, 5.74) is 5.15. The number of halogens is 1. The summed E-state index contributed by atoms with van der Waals surface area (Å²) < 4.78 is 17.5. The first kappa shape index (κ1) is 13.0. The number of carbonyl (C=O) groups is 2. The van der Waals surface area contributed by atoms with Crippen molar-refractivity contribution in [2.45, 2.75) is 13.0 Å². The second-order valence-corrected chi connectivity index (χ2v) is 3.42. The molecular formula is C11H13FN2O3. The van der Waals surface area contributed by atoms with Crippen LogP contribution in [-0.4, -0.2) is 25.0 Å². The number of rotatable bonds is 3. The smallest absolute Gasteiger partial charge is 0.328 e. The van der Waals surface area contributed by atoms with E-state index in [1.807, 2.05) is 0 Å². The van der Waals surface area contributed by atoms with Gasteiger partial charge in [-0.1, -0.05) is 6.07 Å². The van der Waals surface area contributed by atoms with Crippen LogP contribution in [0.3, 0.4) is 0 Å². The fraction of sp³-hybridized carbons (Fsp3) is 0.273. The molecule has 1 amide bonds. The molecule has 17 heavy (non-hydrogen) atoms. The maximum Gasteiger partial charge on any atom is 0.328 e. The molecule has 0 spiro atoms. The van der Waals surface area contributed by atoms with Gasteiger partial charge in [-0.15, -0.1) is 0 Å². The van der Waals surface area contributed by atoms with Crippen LogP contribution in [0, 0.1) is 5.82 Å². The fourth-order valence-corrected chi connectivity index (χ4v) is 1.25. The van der Waals surface area contributed by atoms with Crippen LogP contribution in [-0.2, 0) is 9.53 Å². The van der Waals surface area contributed by atoms with Crippen molar-refractivity contribution in [3.05, 3.63) is 29.6 Å². The molecule has 0 bridgehead atoms. The Morgan fingerprint density at radius 3 is 2.71 bits per heavy atom. The molecule has 0 aromatic heterocycles. The molecule has 1 rings (SSSR count). The van der Waals surface area contributed by atoms with E-state index in [-0.39, 0.29) is 11.3 Å². The molecule has 3 N–H and O–H groups in total. The third kappa shape index (κ3) is 2.93. The number of anilines is 1. The van der Waals surface area contributed by atoms with Crippen LogP contribution in [0.4, 0.5) is 10.1 Å². The first-order valence-electron chi connectivity index (χ1n) is 4.90. The minimum Gasteiger partial charge on any atom is -0.467 e. The maximum absolute atomic E-state index is 13.1. The standard InChI is InChI=1S/C11H13FN2O3/c1-6(11(16)17-2)14-10(15)7-4-3-5-8(12)9(7)13/h3-6H,13H2,1-2H3,(H,14,15). The molecule has 1 atom stereocenters. The number of nitrogen functional groups attached to an aromatic ring is 1. The number of esters is 1. The molecule has 1 unspecified atom stereocenters. The summed E-state index contributed by atoms with van der Waals surface area (Å²) in [5.74, 6) is -1.89. The van der Waals surface area contributed by atoms with Crippen molar-refractivity contribution in [2.24, 2.45) is 0 Å². The Labute approximate surface area is 97.7 Å². The summed E-state index contributed by atoms with van der Waals surface area (Å²) >= 11 is 0. The number of hydrogen-bond acceptors (Lipinski definition) is 4. The van der Waals surface area contributed by atoms with Gasteiger partial charge in [0.1, 0.15) is 11.9 Å². The van der Waals surface area contributed by atoms with Gasteiger partial charge >= 0.3 is 5.97 Å². The normalized spacial score (nSPS) is 11.7. The SMILES string of the molecule is COC(=O)C(C)NC(=O)c1cccc(F)c1N. The second-order valence-electron chi connectivity index (χ2n) is 3.42. The highest BCUT2D eigenvalue weighted by Crippen LogP contribution is 2.15. The second kappa shape index (κ2) is 5.29. The molecule has 5 nitrogen and oxygen atoms in total. The Hall–Kier alpha value is -2.11. The van der Waals surface area contributed by atoms with E-state index in [1.165, 1.54) is 26.2 Å². The van der Waals surface area contributed by atoms with E-state index in [9.17, 15) is 14.0 Å². The maximum atomic E-state index is 13.1. The summed E-state index contributed by atoms with van der Waals surface area (Å²) in [5, 5.41) is 2.35. The number of hydrogen-bond donors (Lipinski definition) is 2. The number of methoxy groups -OCH3 is 1. The number of ether oxygens (including phenoxy) is 1. The van der Waals surface area contributed by atoms with Crippen LogP contribution in [0.2, 0.25) is 0 Å². The zero-order valence-corrected chi connectivity index (χ0v) is 9.49. The molecule has 0 aliphatic carbocycles. The average molecular weight is 240 g/mol. The molecule has 0 aliphatic rings. The van der Waals surface area contributed by atoms with Gasteiger partial charge in [-0.3, -0.25) is 4.79 Å².